The quantitative estimate of drug-likeness (QED) is 0.838. The van der Waals surface area contributed by atoms with Gasteiger partial charge in [-0.15, -0.1) is 0 Å². The first kappa shape index (κ1) is 13.6. The second-order valence-electron chi connectivity index (χ2n) is 4.71. The third-order valence-corrected chi connectivity index (χ3v) is 3.22. The molecule has 0 spiro atoms. The van der Waals surface area contributed by atoms with Crippen LogP contribution in [0.4, 0.5) is 5.69 Å². The van der Waals surface area contributed by atoms with Crippen LogP contribution in [0.15, 0.2) is 36.8 Å². The van der Waals surface area contributed by atoms with E-state index in [1.807, 2.05) is 30.7 Å². The lowest BCUT2D eigenvalue weighted by Crippen LogP contribution is -2.19. The van der Waals surface area contributed by atoms with E-state index in [2.05, 4.69) is 34.8 Å². The molecule has 0 radical (unpaired) electrons. The number of aryl methyl sites for hydroxylation is 2. The molecule has 1 heterocycles. The number of aliphatic hydroxyl groups excluding tert-OH is 1. The summed E-state index contributed by atoms with van der Waals surface area (Å²) >= 11 is 0. The Labute approximate surface area is 114 Å². The molecule has 0 saturated carbocycles. The Hall–Kier alpha value is -1.81. The van der Waals surface area contributed by atoms with Crippen LogP contribution in [0.3, 0.4) is 0 Å². The number of benzene rings is 1. The van der Waals surface area contributed by atoms with E-state index in [1.54, 1.807) is 0 Å². The lowest BCUT2D eigenvalue weighted by Gasteiger charge is -2.20. The first-order valence-corrected chi connectivity index (χ1v) is 6.69. The molecule has 0 saturated heterocycles. The van der Waals surface area contributed by atoms with Crippen molar-refractivity contribution >= 4 is 5.69 Å². The van der Waals surface area contributed by atoms with Crippen LogP contribution in [0, 0.1) is 6.92 Å². The van der Waals surface area contributed by atoms with Crippen LogP contribution in [0.1, 0.15) is 30.6 Å². The van der Waals surface area contributed by atoms with Crippen molar-refractivity contribution < 1.29 is 5.11 Å². The normalized spacial score (nSPS) is 12.4. The van der Waals surface area contributed by atoms with Crippen LogP contribution in [-0.2, 0) is 6.54 Å². The summed E-state index contributed by atoms with van der Waals surface area (Å²) in [7, 11) is 0. The molecule has 4 nitrogen and oxygen atoms in total. The Bertz CT molecular complexity index is 522. The molecule has 2 N–H and O–H groups in total. The lowest BCUT2D eigenvalue weighted by molar-refractivity contribution is 0.271. The summed E-state index contributed by atoms with van der Waals surface area (Å²) in [6.07, 6.45) is 4.69. The largest absolute Gasteiger partial charge is 0.394 e. The molecule has 102 valence electrons. The Kier molecular flexibility index (Phi) is 4.58. The highest BCUT2D eigenvalue weighted by atomic mass is 16.3. The van der Waals surface area contributed by atoms with Crippen LogP contribution in [0.5, 0.6) is 0 Å². The monoisotopic (exact) mass is 259 g/mol. The van der Waals surface area contributed by atoms with Gasteiger partial charge in [-0.2, -0.15) is 0 Å². The van der Waals surface area contributed by atoms with E-state index >= 15 is 0 Å². The van der Waals surface area contributed by atoms with E-state index in [-0.39, 0.29) is 12.6 Å². The minimum atomic E-state index is -0.129. The Morgan fingerprint density at radius 3 is 2.84 bits per heavy atom. The van der Waals surface area contributed by atoms with Crippen LogP contribution >= 0.6 is 0 Å². The summed E-state index contributed by atoms with van der Waals surface area (Å²) in [6.45, 7) is 5.15. The van der Waals surface area contributed by atoms with Gasteiger partial charge in [-0.05, 0) is 25.0 Å². The number of imidazole rings is 1. The smallest absolute Gasteiger partial charge is 0.0948 e. The molecule has 0 aliphatic heterocycles. The minimum Gasteiger partial charge on any atom is -0.394 e. The average molecular weight is 259 g/mol. The summed E-state index contributed by atoms with van der Waals surface area (Å²) in [5.41, 5.74) is 3.24. The maximum Gasteiger partial charge on any atom is 0.0948 e. The first-order chi connectivity index (χ1) is 9.26. The molecule has 0 amide bonds. The highest BCUT2D eigenvalue weighted by Crippen LogP contribution is 2.22. The number of rotatable bonds is 6. The van der Waals surface area contributed by atoms with E-state index < -0.39 is 0 Å². The van der Waals surface area contributed by atoms with Crippen molar-refractivity contribution in [3.63, 3.8) is 0 Å². The molecule has 1 unspecified atom stereocenters. The van der Waals surface area contributed by atoms with Crippen molar-refractivity contribution in [2.75, 3.05) is 11.9 Å². The summed E-state index contributed by atoms with van der Waals surface area (Å²) < 4.78 is 2.09. The fourth-order valence-corrected chi connectivity index (χ4v) is 2.18. The lowest BCUT2D eigenvalue weighted by atomic mass is 10.1. The predicted octanol–water partition coefficient (Wildman–Crippen LogP) is 2.75. The Balaban J connectivity index is 2.20. The molecule has 0 aliphatic rings. The second kappa shape index (κ2) is 6.38. The fraction of sp³-hybridized carbons (Fsp3) is 0.400. The maximum absolute atomic E-state index is 9.64. The van der Waals surface area contributed by atoms with Crippen molar-refractivity contribution in [2.45, 2.75) is 32.9 Å². The minimum absolute atomic E-state index is 0.0454. The summed E-state index contributed by atoms with van der Waals surface area (Å²) in [6, 6.07) is 7.96. The number of aliphatic hydroxyl groups is 1. The molecule has 0 fully saturated rings. The fourth-order valence-electron chi connectivity index (χ4n) is 2.18. The van der Waals surface area contributed by atoms with E-state index in [9.17, 15) is 5.11 Å². The van der Waals surface area contributed by atoms with Crippen molar-refractivity contribution in [3.8, 4) is 0 Å². The van der Waals surface area contributed by atoms with Crippen molar-refractivity contribution in [1.29, 1.82) is 0 Å². The van der Waals surface area contributed by atoms with Crippen LogP contribution in [0.25, 0.3) is 0 Å². The third-order valence-electron chi connectivity index (χ3n) is 3.22. The third kappa shape index (κ3) is 3.15. The number of nitrogens with one attached hydrogen (secondary N) is 1. The molecule has 4 heteroatoms. The summed E-state index contributed by atoms with van der Waals surface area (Å²) in [4.78, 5) is 4.19. The molecule has 2 aromatic rings. The first-order valence-electron chi connectivity index (χ1n) is 6.69. The van der Waals surface area contributed by atoms with E-state index in [0.29, 0.717) is 0 Å². The van der Waals surface area contributed by atoms with E-state index in [1.165, 1.54) is 5.56 Å². The average Bonchev–Trinajstić information content (AvgIpc) is 2.86. The predicted molar refractivity (Wildman–Crippen MR) is 77.1 cm³/mol. The van der Waals surface area contributed by atoms with Gasteiger partial charge in [-0.1, -0.05) is 25.1 Å². The number of para-hydroxylation sites is 1. The van der Waals surface area contributed by atoms with Gasteiger partial charge < -0.3 is 15.0 Å². The molecule has 1 aromatic heterocycles. The highest BCUT2D eigenvalue weighted by Gasteiger charge is 2.15. The molecule has 1 aromatic carbocycles. The van der Waals surface area contributed by atoms with Gasteiger partial charge in [0.15, 0.2) is 0 Å². The van der Waals surface area contributed by atoms with Crippen LogP contribution < -0.4 is 5.32 Å². The van der Waals surface area contributed by atoms with Gasteiger partial charge in [0.05, 0.1) is 30.9 Å². The Morgan fingerprint density at radius 2 is 2.16 bits per heavy atom. The number of anilines is 1. The zero-order chi connectivity index (χ0) is 13.7. The van der Waals surface area contributed by atoms with Gasteiger partial charge in [-0.3, -0.25) is 0 Å². The molecule has 0 bridgehead atoms. The van der Waals surface area contributed by atoms with Crippen LogP contribution in [-0.4, -0.2) is 21.3 Å². The number of hydrogen-bond donors (Lipinski definition) is 2. The zero-order valence-corrected chi connectivity index (χ0v) is 11.5. The topological polar surface area (TPSA) is 50.1 Å². The van der Waals surface area contributed by atoms with Gasteiger partial charge in [0.2, 0.25) is 0 Å². The van der Waals surface area contributed by atoms with Gasteiger partial charge in [0.25, 0.3) is 0 Å². The maximum atomic E-state index is 9.64. The molecule has 2 rings (SSSR count). The molecular formula is C15H21N3O. The standard InChI is InChI=1S/C15H21N3O/c1-3-8-18-11-16-9-15(18)14(10-19)17-13-7-5-4-6-12(13)2/h4-7,9,11,14,17,19H,3,8,10H2,1-2H3. The van der Waals surface area contributed by atoms with E-state index in [0.717, 1.165) is 24.3 Å². The number of hydrogen-bond acceptors (Lipinski definition) is 3. The van der Waals surface area contributed by atoms with Crippen molar-refractivity contribution in [3.05, 3.63) is 48.0 Å². The number of nitrogens with zero attached hydrogens (tertiary/aromatic N) is 2. The molecule has 19 heavy (non-hydrogen) atoms. The van der Waals surface area contributed by atoms with Crippen molar-refractivity contribution in [2.24, 2.45) is 0 Å². The summed E-state index contributed by atoms with van der Waals surface area (Å²) in [5, 5.41) is 13.0. The van der Waals surface area contributed by atoms with Gasteiger partial charge in [0.1, 0.15) is 0 Å². The summed E-state index contributed by atoms with van der Waals surface area (Å²) in [5.74, 6) is 0. The van der Waals surface area contributed by atoms with E-state index in [4.69, 9.17) is 0 Å². The van der Waals surface area contributed by atoms with Crippen LogP contribution in [0.2, 0.25) is 0 Å². The molecule has 1 atom stereocenters. The van der Waals surface area contributed by atoms with Crippen molar-refractivity contribution in [1.82, 2.24) is 9.55 Å². The molecular weight excluding hydrogens is 238 g/mol. The van der Waals surface area contributed by atoms with Gasteiger partial charge >= 0.3 is 0 Å². The zero-order valence-electron chi connectivity index (χ0n) is 11.5. The van der Waals surface area contributed by atoms with Gasteiger partial charge in [0, 0.05) is 12.2 Å². The second-order valence-corrected chi connectivity index (χ2v) is 4.71. The highest BCUT2D eigenvalue weighted by molar-refractivity contribution is 5.51. The molecule has 0 aliphatic carbocycles. The SMILES string of the molecule is CCCn1cncc1C(CO)Nc1ccccc1C. The Morgan fingerprint density at radius 1 is 1.37 bits per heavy atom. The van der Waals surface area contributed by atoms with Gasteiger partial charge in [-0.25, -0.2) is 4.98 Å². The number of aromatic nitrogens is 2.